The van der Waals surface area contributed by atoms with E-state index < -0.39 is 0 Å². The number of hydrogen-bond acceptors (Lipinski definition) is 4. The van der Waals surface area contributed by atoms with Gasteiger partial charge in [0.2, 0.25) is 0 Å². The molecule has 1 aromatic rings. The van der Waals surface area contributed by atoms with Gasteiger partial charge in [-0.2, -0.15) is 0 Å². The molecule has 124 valence electrons. The maximum absolute atomic E-state index is 11.6. The molecule has 1 fully saturated rings. The van der Waals surface area contributed by atoms with Crippen molar-refractivity contribution in [3.05, 3.63) is 29.8 Å². The molecule has 0 radical (unpaired) electrons. The summed E-state index contributed by atoms with van der Waals surface area (Å²) in [6.45, 7) is 4.98. The Balaban J connectivity index is 0.00000242. The van der Waals surface area contributed by atoms with Crippen LogP contribution in [0.15, 0.2) is 24.3 Å². The summed E-state index contributed by atoms with van der Waals surface area (Å²) in [7, 11) is 3.45. The Morgan fingerprint density at radius 1 is 1.36 bits per heavy atom. The predicted octanol–water partition coefficient (Wildman–Crippen LogP) is 1.35. The molecule has 5 nitrogen and oxygen atoms in total. The minimum Gasteiger partial charge on any atom is -0.483 e. The van der Waals surface area contributed by atoms with Gasteiger partial charge in [0.15, 0.2) is 6.61 Å². The number of nitrogens with two attached hydrogens (primary N) is 1. The maximum Gasteiger partial charge on any atom is 0.259 e. The maximum atomic E-state index is 11.6. The van der Waals surface area contributed by atoms with Crippen LogP contribution in [0.5, 0.6) is 5.75 Å². The van der Waals surface area contributed by atoms with E-state index in [4.69, 9.17) is 10.5 Å². The van der Waals surface area contributed by atoms with Gasteiger partial charge in [-0.05, 0) is 12.0 Å². The Morgan fingerprint density at radius 3 is 2.64 bits per heavy atom. The van der Waals surface area contributed by atoms with Gasteiger partial charge in [0.05, 0.1) is 0 Å². The first-order valence-electron chi connectivity index (χ1n) is 7.36. The van der Waals surface area contributed by atoms with Crippen molar-refractivity contribution in [3.8, 4) is 5.75 Å². The third kappa shape index (κ3) is 4.87. The number of hydrogen-bond donors (Lipinski definition) is 1. The molecule has 0 aliphatic carbocycles. The molecule has 0 spiro atoms. The van der Waals surface area contributed by atoms with Gasteiger partial charge in [0, 0.05) is 45.3 Å². The highest BCUT2D eigenvalue weighted by Crippen LogP contribution is 2.23. The summed E-state index contributed by atoms with van der Waals surface area (Å²) in [5, 5.41) is 0. The highest BCUT2D eigenvalue weighted by atomic mass is 35.5. The lowest BCUT2D eigenvalue weighted by Gasteiger charge is -2.18. The monoisotopic (exact) mass is 327 g/mol. The SMILES string of the molecule is CC1CN(Cc2ccccc2OCC(=O)N(C)C)CC1N.Cl. The Kier molecular flexibility index (Phi) is 7.13. The number of halogens is 1. The molecule has 1 heterocycles. The van der Waals surface area contributed by atoms with Crippen LogP contribution in [-0.4, -0.2) is 55.5 Å². The molecule has 0 aromatic heterocycles. The summed E-state index contributed by atoms with van der Waals surface area (Å²) in [4.78, 5) is 15.5. The highest BCUT2D eigenvalue weighted by molar-refractivity contribution is 5.85. The first-order chi connectivity index (χ1) is 9.97. The molecule has 1 aromatic carbocycles. The number of likely N-dealkylation sites (tertiary alicyclic amines) is 1. The molecule has 0 saturated carbocycles. The van der Waals surface area contributed by atoms with E-state index in [9.17, 15) is 4.79 Å². The van der Waals surface area contributed by atoms with Crippen LogP contribution in [0.4, 0.5) is 0 Å². The number of para-hydroxylation sites is 1. The highest BCUT2D eigenvalue weighted by Gasteiger charge is 2.26. The number of amides is 1. The molecule has 2 rings (SSSR count). The van der Waals surface area contributed by atoms with Crippen LogP contribution in [-0.2, 0) is 11.3 Å². The van der Waals surface area contributed by atoms with Crippen molar-refractivity contribution >= 4 is 18.3 Å². The third-order valence-corrected chi connectivity index (χ3v) is 3.96. The van der Waals surface area contributed by atoms with Gasteiger partial charge in [-0.25, -0.2) is 0 Å². The number of rotatable bonds is 5. The van der Waals surface area contributed by atoms with Gasteiger partial charge in [-0.15, -0.1) is 12.4 Å². The number of nitrogens with zero attached hydrogens (tertiary/aromatic N) is 2. The molecule has 2 atom stereocenters. The van der Waals surface area contributed by atoms with Crippen molar-refractivity contribution in [2.75, 3.05) is 33.8 Å². The van der Waals surface area contributed by atoms with E-state index >= 15 is 0 Å². The summed E-state index contributed by atoms with van der Waals surface area (Å²) in [5.74, 6) is 1.26. The smallest absolute Gasteiger partial charge is 0.259 e. The standard InChI is InChI=1S/C16H25N3O2.ClH/c1-12-8-19(10-14(12)17)9-13-6-4-5-7-15(13)21-11-16(20)18(2)3;/h4-7,12,14H,8-11,17H2,1-3H3;1H. The van der Waals surface area contributed by atoms with Crippen molar-refractivity contribution in [3.63, 3.8) is 0 Å². The van der Waals surface area contributed by atoms with Crippen LogP contribution in [0.2, 0.25) is 0 Å². The van der Waals surface area contributed by atoms with E-state index in [-0.39, 0.29) is 31.0 Å². The first kappa shape index (κ1) is 18.7. The Bertz CT molecular complexity index is 486. The normalized spacial score (nSPS) is 21.3. The number of carbonyl (C=O) groups excluding carboxylic acids is 1. The van der Waals surface area contributed by atoms with Crippen molar-refractivity contribution in [2.24, 2.45) is 11.7 Å². The predicted molar refractivity (Wildman–Crippen MR) is 90.3 cm³/mol. The van der Waals surface area contributed by atoms with E-state index in [1.54, 1.807) is 14.1 Å². The lowest BCUT2D eigenvalue weighted by molar-refractivity contribution is -0.130. The summed E-state index contributed by atoms with van der Waals surface area (Å²) in [6, 6.07) is 8.13. The van der Waals surface area contributed by atoms with Crippen molar-refractivity contribution in [1.82, 2.24) is 9.80 Å². The van der Waals surface area contributed by atoms with Crippen LogP contribution < -0.4 is 10.5 Å². The summed E-state index contributed by atoms with van der Waals surface area (Å²) < 4.78 is 5.68. The third-order valence-electron chi connectivity index (χ3n) is 3.96. The van der Waals surface area contributed by atoms with E-state index in [0.717, 1.165) is 30.9 Å². The van der Waals surface area contributed by atoms with E-state index in [0.29, 0.717) is 5.92 Å². The van der Waals surface area contributed by atoms with Gasteiger partial charge in [-0.1, -0.05) is 25.1 Å². The zero-order valence-corrected chi connectivity index (χ0v) is 14.3. The van der Waals surface area contributed by atoms with Gasteiger partial charge in [0.1, 0.15) is 5.75 Å². The van der Waals surface area contributed by atoms with Crippen LogP contribution in [0.1, 0.15) is 12.5 Å². The molecular weight excluding hydrogens is 302 g/mol. The second kappa shape index (κ2) is 8.36. The largest absolute Gasteiger partial charge is 0.483 e. The van der Waals surface area contributed by atoms with E-state index in [1.165, 1.54) is 4.90 Å². The summed E-state index contributed by atoms with van der Waals surface area (Å²) in [5.41, 5.74) is 7.17. The zero-order valence-electron chi connectivity index (χ0n) is 13.5. The van der Waals surface area contributed by atoms with Crippen molar-refractivity contribution < 1.29 is 9.53 Å². The zero-order chi connectivity index (χ0) is 15.4. The minimum atomic E-state index is -0.0402. The molecule has 1 aliphatic rings. The van der Waals surface area contributed by atoms with Crippen LogP contribution in [0, 0.1) is 5.92 Å². The van der Waals surface area contributed by atoms with E-state index in [2.05, 4.69) is 11.8 Å². The quantitative estimate of drug-likeness (QED) is 0.887. The van der Waals surface area contributed by atoms with Crippen LogP contribution >= 0.6 is 12.4 Å². The van der Waals surface area contributed by atoms with Gasteiger partial charge in [0.25, 0.3) is 5.91 Å². The fourth-order valence-corrected chi connectivity index (χ4v) is 2.51. The number of benzene rings is 1. The van der Waals surface area contributed by atoms with Crippen LogP contribution in [0.25, 0.3) is 0 Å². The summed E-state index contributed by atoms with van der Waals surface area (Å²) in [6.07, 6.45) is 0. The topological polar surface area (TPSA) is 58.8 Å². The molecule has 0 bridgehead atoms. The van der Waals surface area contributed by atoms with Crippen molar-refractivity contribution in [1.29, 1.82) is 0 Å². The Labute approximate surface area is 138 Å². The Morgan fingerprint density at radius 2 is 2.05 bits per heavy atom. The minimum absolute atomic E-state index is 0. The van der Waals surface area contributed by atoms with Gasteiger partial charge in [-0.3, -0.25) is 9.69 Å². The molecule has 2 unspecified atom stereocenters. The van der Waals surface area contributed by atoms with Crippen molar-refractivity contribution in [2.45, 2.75) is 19.5 Å². The number of likely N-dealkylation sites (N-methyl/N-ethyl adjacent to an activating group) is 1. The first-order valence-corrected chi connectivity index (χ1v) is 7.36. The average Bonchev–Trinajstić information content (AvgIpc) is 2.76. The second-order valence-corrected chi connectivity index (χ2v) is 6.02. The Hall–Kier alpha value is -1.30. The molecule has 1 saturated heterocycles. The molecular formula is C16H26ClN3O2. The van der Waals surface area contributed by atoms with Gasteiger partial charge < -0.3 is 15.4 Å². The number of ether oxygens (including phenoxy) is 1. The number of carbonyl (C=O) groups is 1. The fraction of sp³-hybridized carbons (Fsp3) is 0.562. The average molecular weight is 328 g/mol. The second-order valence-electron chi connectivity index (χ2n) is 6.02. The van der Waals surface area contributed by atoms with E-state index in [1.807, 2.05) is 24.3 Å². The lowest BCUT2D eigenvalue weighted by atomic mass is 10.1. The molecule has 1 aliphatic heterocycles. The lowest BCUT2D eigenvalue weighted by Crippen LogP contribution is -2.29. The summed E-state index contributed by atoms with van der Waals surface area (Å²) >= 11 is 0. The molecule has 1 amide bonds. The fourth-order valence-electron chi connectivity index (χ4n) is 2.51. The van der Waals surface area contributed by atoms with Crippen LogP contribution in [0.3, 0.4) is 0 Å². The van der Waals surface area contributed by atoms with Gasteiger partial charge >= 0.3 is 0 Å². The molecule has 6 heteroatoms. The molecule has 22 heavy (non-hydrogen) atoms. The molecule has 2 N–H and O–H groups in total.